The minimum Gasteiger partial charge on any atom is -0.481 e. The highest BCUT2D eigenvalue weighted by Crippen LogP contribution is 2.41. The summed E-state index contributed by atoms with van der Waals surface area (Å²) in [7, 11) is 1.59. The monoisotopic (exact) mass is 597 g/mol. The molecular weight excluding hydrogens is 566 g/mol. The summed E-state index contributed by atoms with van der Waals surface area (Å²) in [5.74, 6) is 0.597. The third kappa shape index (κ3) is 6.40. The Hall–Kier alpha value is -2.45. The van der Waals surface area contributed by atoms with Crippen LogP contribution in [-0.4, -0.2) is 55.2 Å². The molecule has 5 rings (SSSR count). The average molecular weight is 599 g/mol. The quantitative estimate of drug-likeness (QED) is 0.362. The number of nitrogens with zero attached hydrogens (tertiary/aromatic N) is 2. The Kier molecular flexibility index (Phi) is 9.00. The number of rotatable bonds is 7. The molecule has 200 valence electrons. The molecule has 3 aromatic rings. The Morgan fingerprint density at radius 3 is 2.42 bits per heavy atom. The summed E-state index contributed by atoms with van der Waals surface area (Å²) in [6, 6.07) is 19.9. The van der Waals surface area contributed by atoms with Crippen molar-refractivity contribution in [3.8, 4) is 5.88 Å². The van der Waals surface area contributed by atoms with Crippen molar-refractivity contribution in [1.82, 2.24) is 15.2 Å². The van der Waals surface area contributed by atoms with Crippen molar-refractivity contribution in [1.29, 1.82) is 0 Å². The minimum atomic E-state index is -0.347. The van der Waals surface area contributed by atoms with Crippen LogP contribution in [0.4, 0.5) is 0 Å². The topological polar surface area (TPSA) is 63.7 Å². The number of carbonyl (C=O) groups is 1. The van der Waals surface area contributed by atoms with Crippen molar-refractivity contribution in [2.24, 2.45) is 5.92 Å². The van der Waals surface area contributed by atoms with Gasteiger partial charge >= 0.3 is 0 Å². The lowest BCUT2D eigenvalue weighted by atomic mass is 9.72. The van der Waals surface area contributed by atoms with E-state index in [1.165, 1.54) is 5.56 Å². The van der Waals surface area contributed by atoms with Gasteiger partial charge in [0.25, 0.3) is 0 Å². The van der Waals surface area contributed by atoms with E-state index in [2.05, 4.69) is 55.4 Å². The van der Waals surface area contributed by atoms with E-state index in [4.69, 9.17) is 21.1 Å². The average Bonchev–Trinajstić information content (AvgIpc) is 2.97. The van der Waals surface area contributed by atoms with Crippen LogP contribution in [0.25, 0.3) is 0 Å². The van der Waals surface area contributed by atoms with E-state index in [1.54, 1.807) is 13.3 Å². The van der Waals surface area contributed by atoms with E-state index in [9.17, 15) is 4.79 Å². The largest absolute Gasteiger partial charge is 0.481 e. The zero-order valence-corrected chi connectivity index (χ0v) is 23.8. The van der Waals surface area contributed by atoms with Crippen LogP contribution in [0.1, 0.15) is 47.9 Å². The van der Waals surface area contributed by atoms with Crippen LogP contribution in [0.3, 0.4) is 0 Å². The van der Waals surface area contributed by atoms with Crippen LogP contribution in [0, 0.1) is 5.92 Å². The van der Waals surface area contributed by atoms with E-state index in [-0.39, 0.29) is 23.8 Å². The maximum atomic E-state index is 14.1. The van der Waals surface area contributed by atoms with Crippen LogP contribution in [0.2, 0.25) is 5.02 Å². The van der Waals surface area contributed by atoms with Gasteiger partial charge in [-0.3, -0.25) is 9.69 Å². The number of hydrogen-bond acceptors (Lipinski definition) is 5. The Balaban J connectivity index is 1.41. The predicted octanol–water partition coefficient (Wildman–Crippen LogP) is 6.00. The molecule has 6 nitrogen and oxygen atoms in total. The molecule has 1 aliphatic heterocycles. The van der Waals surface area contributed by atoms with Gasteiger partial charge in [0.2, 0.25) is 11.8 Å². The molecule has 1 saturated carbocycles. The van der Waals surface area contributed by atoms with Crippen molar-refractivity contribution in [3.63, 3.8) is 0 Å². The molecule has 38 heavy (non-hydrogen) atoms. The van der Waals surface area contributed by atoms with Crippen molar-refractivity contribution in [2.45, 2.75) is 37.3 Å². The van der Waals surface area contributed by atoms with Gasteiger partial charge in [0.1, 0.15) is 0 Å². The lowest BCUT2D eigenvalue weighted by molar-refractivity contribution is -0.127. The summed E-state index contributed by atoms with van der Waals surface area (Å²) in [5.41, 5.74) is 3.06. The highest BCUT2D eigenvalue weighted by molar-refractivity contribution is 9.10. The molecule has 2 aromatic carbocycles. The van der Waals surface area contributed by atoms with Gasteiger partial charge in [-0.25, -0.2) is 4.98 Å². The summed E-state index contributed by atoms with van der Waals surface area (Å²) in [6.45, 7) is 3.47. The fraction of sp³-hybridized carbons (Fsp3) is 0.400. The van der Waals surface area contributed by atoms with Gasteiger partial charge in [-0.15, -0.1) is 0 Å². The van der Waals surface area contributed by atoms with Crippen LogP contribution in [0.5, 0.6) is 5.88 Å². The molecular formula is C30H33BrClN3O3. The zero-order valence-electron chi connectivity index (χ0n) is 21.5. The molecule has 1 amide bonds. The summed E-state index contributed by atoms with van der Waals surface area (Å²) >= 11 is 9.74. The molecule has 0 bridgehead atoms. The summed E-state index contributed by atoms with van der Waals surface area (Å²) in [6.07, 6.45) is 4.55. The Morgan fingerprint density at radius 1 is 1.05 bits per heavy atom. The molecule has 4 atom stereocenters. The maximum Gasteiger partial charge on any atom is 0.224 e. The standard InChI is InChI=1S/C30H33BrClN3O3/c1-37-28-13-6-22(19-33-28)29(21-4-9-24(32)10-5-21)34-30(36)26-12-11-25(35-14-16-38-17-15-35)18-27(26)20-2-7-23(31)8-3-20/h2-10,13,19,25-27,29H,11-12,14-18H2,1H3,(H,34,36). The van der Waals surface area contributed by atoms with E-state index in [0.29, 0.717) is 16.9 Å². The van der Waals surface area contributed by atoms with Crippen molar-refractivity contribution < 1.29 is 14.3 Å². The molecule has 2 aliphatic rings. The van der Waals surface area contributed by atoms with Gasteiger partial charge in [-0.2, -0.15) is 0 Å². The van der Waals surface area contributed by atoms with Crippen LogP contribution in [-0.2, 0) is 9.53 Å². The number of morpholine rings is 1. The van der Waals surface area contributed by atoms with E-state index in [0.717, 1.165) is 61.2 Å². The Bertz CT molecular complexity index is 1200. The molecule has 1 saturated heterocycles. The van der Waals surface area contributed by atoms with Gasteiger partial charge in [-0.05, 0) is 72.2 Å². The smallest absolute Gasteiger partial charge is 0.224 e. The van der Waals surface area contributed by atoms with Crippen LogP contribution < -0.4 is 10.1 Å². The summed E-state index contributed by atoms with van der Waals surface area (Å²) in [4.78, 5) is 21.0. The number of benzene rings is 2. The van der Waals surface area contributed by atoms with E-state index in [1.807, 2.05) is 36.4 Å². The lowest BCUT2D eigenvalue weighted by Gasteiger charge is -2.42. The van der Waals surface area contributed by atoms with Crippen molar-refractivity contribution in [3.05, 3.63) is 93.0 Å². The number of nitrogens with one attached hydrogen (secondary N) is 1. The maximum absolute atomic E-state index is 14.1. The second-order valence-corrected chi connectivity index (χ2v) is 11.4. The van der Waals surface area contributed by atoms with Crippen molar-refractivity contribution >= 4 is 33.4 Å². The summed E-state index contributed by atoms with van der Waals surface area (Å²) in [5, 5.41) is 4.03. The molecule has 1 N–H and O–H groups in total. The first-order chi connectivity index (χ1) is 18.5. The number of hydrogen-bond donors (Lipinski definition) is 1. The van der Waals surface area contributed by atoms with Gasteiger partial charge in [0, 0.05) is 46.8 Å². The number of amides is 1. The highest BCUT2D eigenvalue weighted by atomic mass is 79.9. The van der Waals surface area contributed by atoms with Crippen molar-refractivity contribution in [2.75, 3.05) is 33.4 Å². The molecule has 0 radical (unpaired) electrons. The number of pyridine rings is 1. The minimum absolute atomic E-state index is 0.0640. The number of ether oxygens (including phenoxy) is 2. The third-order valence-corrected chi connectivity index (χ3v) is 8.59. The predicted molar refractivity (Wildman–Crippen MR) is 153 cm³/mol. The molecule has 4 unspecified atom stereocenters. The first-order valence-corrected chi connectivity index (χ1v) is 14.3. The fourth-order valence-electron chi connectivity index (χ4n) is 5.76. The number of aromatic nitrogens is 1. The third-order valence-electron chi connectivity index (χ3n) is 7.81. The number of carbonyl (C=O) groups excluding carboxylic acids is 1. The zero-order chi connectivity index (χ0) is 26.5. The van der Waals surface area contributed by atoms with Gasteiger partial charge in [-0.1, -0.05) is 51.8 Å². The summed E-state index contributed by atoms with van der Waals surface area (Å²) < 4.78 is 11.9. The number of halogens is 2. The fourth-order valence-corrected chi connectivity index (χ4v) is 6.15. The lowest BCUT2D eigenvalue weighted by Crippen LogP contribution is -2.48. The van der Waals surface area contributed by atoms with Crippen LogP contribution >= 0.6 is 27.5 Å². The van der Waals surface area contributed by atoms with E-state index < -0.39 is 0 Å². The first kappa shape index (κ1) is 27.1. The SMILES string of the molecule is COc1ccc(C(NC(=O)C2CCC(N3CCOCC3)CC2c2ccc(Br)cc2)c2ccc(Cl)cc2)cn1. The van der Waals surface area contributed by atoms with E-state index >= 15 is 0 Å². The Labute approximate surface area is 237 Å². The molecule has 1 aliphatic carbocycles. The second-order valence-electron chi connectivity index (χ2n) is 10.0. The highest BCUT2D eigenvalue weighted by Gasteiger charge is 2.39. The van der Waals surface area contributed by atoms with Gasteiger partial charge in [0.15, 0.2) is 0 Å². The van der Waals surface area contributed by atoms with Crippen LogP contribution in [0.15, 0.2) is 71.3 Å². The first-order valence-electron chi connectivity index (χ1n) is 13.1. The normalized spacial score (nSPS) is 23.0. The molecule has 2 heterocycles. The van der Waals surface area contributed by atoms with Gasteiger partial charge in [0.05, 0.1) is 26.4 Å². The number of methoxy groups -OCH3 is 1. The molecule has 1 aromatic heterocycles. The molecule has 0 spiro atoms. The second kappa shape index (κ2) is 12.6. The molecule has 2 fully saturated rings. The molecule has 8 heteroatoms. The Morgan fingerprint density at radius 2 is 1.76 bits per heavy atom. The van der Waals surface area contributed by atoms with Gasteiger partial charge < -0.3 is 14.8 Å².